The number of benzene rings is 3. The first kappa shape index (κ1) is 18.6. The Bertz CT molecular complexity index is 1020. The van der Waals surface area contributed by atoms with Gasteiger partial charge in [0.2, 0.25) is 6.79 Å². The van der Waals surface area contributed by atoms with E-state index in [0.29, 0.717) is 5.75 Å². The molecule has 3 aromatic rings. The third-order valence-electron chi connectivity index (χ3n) is 5.70. The molecule has 0 saturated heterocycles. The third-order valence-corrected chi connectivity index (χ3v) is 5.70. The van der Waals surface area contributed by atoms with Gasteiger partial charge in [0.05, 0.1) is 7.11 Å². The standard InChI is InChI=1S/C24H24N2O4/c1-15-23(16-8-10-18(27-2)11-9-16)19-12-21-22(29-14-28-21)13-20(19)30-24(15)26-25-17-6-4-3-5-7-17/h3-13,15,23-26H,14H2,1-2H3/t15-,23+,24-/m0/s1. The Morgan fingerprint density at radius 3 is 2.37 bits per heavy atom. The van der Waals surface area contributed by atoms with Crippen molar-refractivity contribution >= 4 is 5.69 Å². The molecule has 0 spiro atoms. The minimum atomic E-state index is -0.245. The monoisotopic (exact) mass is 404 g/mol. The lowest BCUT2D eigenvalue weighted by Crippen LogP contribution is -2.47. The zero-order chi connectivity index (χ0) is 20.5. The van der Waals surface area contributed by atoms with E-state index in [9.17, 15) is 0 Å². The second kappa shape index (κ2) is 7.80. The molecular weight excluding hydrogens is 380 g/mol. The summed E-state index contributed by atoms with van der Waals surface area (Å²) in [4.78, 5) is 0. The molecule has 30 heavy (non-hydrogen) atoms. The van der Waals surface area contributed by atoms with Crippen molar-refractivity contribution < 1.29 is 18.9 Å². The predicted molar refractivity (Wildman–Crippen MR) is 114 cm³/mol. The molecule has 2 aliphatic rings. The molecule has 2 N–H and O–H groups in total. The topological polar surface area (TPSA) is 61.0 Å². The Hall–Kier alpha value is -3.38. The highest BCUT2D eigenvalue weighted by molar-refractivity contribution is 5.56. The van der Waals surface area contributed by atoms with Crippen molar-refractivity contribution in [2.24, 2.45) is 5.92 Å². The lowest BCUT2D eigenvalue weighted by atomic mass is 9.78. The first-order valence-electron chi connectivity index (χ1n) is 10.0. The number of methoxy groups -OCH3 is 1. The van der Waals surface area contributed by atoms with Gasteiger partial charge in [-0.2, -0.15) is 5.43 Å². The Morgan fingerprint density at radius 1 is 0.900 bits per heavy atom. The van der Waals surface area contributed by atoms with Crippen LogP contribution in [0, 0.1) is 5.92 Å². The van der Waals surface area contributed by atoms with E-state index in [2.05, 4.69) is 29.9 Å². The maximum absolute atomic E-state index is 6.35. The molecule has 0 radical (unpaired) electrons. The molecule has 2 aliphatic heterocycles. The van der Waals surface area contributed by atoms with Gasteiger partial charge < -0.3 is 24.4 Å². The van der Waals surface area contributed by atoms with Crippen molar-refractivity contribution in [2.45, 2.75) is 19.1 Å². The van der Waals surface area contributed by atoms with Gasteiger partial charge >= 0.3 is 0 Å². The Balaban J connectivity index is 1.50. The summed E-state index contributed by atoms with van der Waals surface area (Å²) in [7, 11) is 1.68. The van der Waals surface area contributed by atoms with Gasteiger partial charge in [-0.1, -0.05) is 37.3 Å². The summed E-state index contributed by atoms with van der Waals surface area (Å²) < 4.78 is 22.9. The minimum Gasteiger partial charge on any atom is -0.497 e. The average molecular weight is 404 g/mol. The van der Waals surface area contributed by atoms with E-state index < -0.39 is 0 Å². The molecule has 0 amide bonds. The molecular formula is C24H24N2O4. The van der Waals surface area contributed by atoms with E-state index in [1.54, 1.807) is 7.11 Å². The average Bonchev–Trinajstić information content (AvgIpc) is 3.25. The van der Waals surface area contributed by atoms with Crippen LogP contribution in [0.15, 0.2) is 66.7 Å². The molecule has 3 aromatic carbocycles. The van der Waals surface area contributed by atoms with Crippen molar-refractivity contribution in [2.75, 3.05) is 19.3 Å². The zero-order valence-electron chi connectivity index (χ0n) is 16.9. The summed E-state index contributed by atoms with van der Waals surface area (Å²) in [6.07, 6.45) is -0.245. The number of hydrazine groups is 1. The number of hydrogen-bond donors (Lipinski definition) is 2. The van der Waals surface area contributed by atoms with E-state index in [-0.39, 0.29) is 24.9 Å². The second-order valence-electron chi connectivity index (χ2n) is 7.53. The zero-order valence-corrected chi connectivity index (χ0v) is 16.9. The molecule has 6 heteroatoms. The van der Waals surface area contributed by atoms with Crippen LogP contribution in [0.1, 0.15) is 24.0 Å². The molecule has 0 aliphatic carbocycles. The van der Waals surface area contributed by atoms with Gasteiger partial charge in [0.1, 0.15) is 11.5 Å². The Kier molecular flexibility index (Phi) is 4.85. The second-order valence-corrected chi connectivity index (χ2v) is 7.53. The van der Waals surface area contributed by atoms with Gasteiger partial charge in [0.25, 0.3) is 0 Å². The van der Waals surface area contributed by atoms with Gasteiger partial charge in [-0.05, 0) is 35.9 Å². The van der Waals surface area contributed by atoms with Crippen LogP contribution < -0.4 is 29.8 Å². The van der Waals surface area contributed by atoms with Crippen LogP contribution in [0.4, 0.5) is 5.69 Å². The number of para-hydroxylation sites is 1. The Morgan fingerprint density at radius 2 is 1.63 bits per heavy atom. The fourth-order valence-electron chi connectivity index (χ4n) is 4.12. The maximum Gasteiger partial charge on any atom is 0.231 e. The van der Waals surface area contributed by atoms with Crippen LogP contribution in [-0.2, 0) is 0 Å². The fourth-order valence-corrected chi connectivity index (χ4v) is 4.12. The summed E-state index contributed by atoms with van der Waals surface area (Å²) in [6.45, 7) is 2.42. The first-order chi connectivity index (χ1) is 14.7. The predicted octanol–water partition coefficient (Wildman–Crippen LogP) is 4.53. The van der Waals surface area contributed by atoms with E-state index in [1.165, 1.54) is 5.56 Å². The third kappa shape index (κ3) is 3.39. The van der Waals surface area contributed by atoms with Crippen molar-refractivity contribution in [3.8, 4) is 23.0 Å². The summed E-state index contributed by atoms with van der Waals surface area (Å²) >= 11 is 0. The van der Waals surface area contributed by atoms with Crippen molar-refractivity contribution in [1.29, 1.82) is 0 Å². The van der Waals surface area contributed by atoms with Crippen molar-refractivity contribution in [3.05, 3.63) is 77.9 Å². The van der Waals surface area contributed by atoms with Crippen LogP contribution >= 0.6 is 0 Å². The molecule has 0 bridgehead atoms. The first-order valence-corrected chi connectivity index (χ1v) is 10.0. The van der Waals surface area contributed by atoms with Crippen molar-refractivity contribution in [3.63, 3.8) is 0 Å². The van der Waals surface area contributed by atoms with Crippen LogP contribution in [0.3, 0.4) is 0 Å². The minimum absolute atomic E-state index is 0.115. The van der Waals surface area contributed by atoms with E-state index >= 15 is 0 Å². The van der Waals surface area contributed by atoms with Gasteiger partial charge in [0.15, 0.2) is 17.7 Å². The van der Waals surface area contributed by atoms with Crippen LogP contribution in [0.5, 0.6) is 23.0 Å². The number of hydrogen-bond acceptors (Lipinski definition) is 6. The molecule has 0 aromatic heterocycles. The number of fused-ring (bicyclic) bond motifs is 2. The van der Waals surface area contributed by atoms with E-state index in [1.807, 2.05) is 54.6 Å². The number of rotatable bonds is 5. The van der Waals surface area contributed by atoms with Crippen LogP contribution in [0.25, 0.3) is 0 Å². The van der Waals surface area contributed by atoms with Gasteiger partial charge in [-0.25, -0.2) is 0 Å². The highest BCUT2D eigenvalue weighted by Crippen LogP contribution is 2.48. The number of anilines is 1. The lowest BCUT2D eigenvalue weighted by Gasteiger charge is -2.38. The summed E-state index contributed by atoms with van der Waals surface area (Å²) in [5.41, 5.74) is 9.88. The van der Waals surface area contributed by atoms with Crippen molar-refractivity contribution in [1.82, 2.24) is 5.43 Å². The van der Waals surface area contributed by atoms with Gasteiger partial charge in [-0.15, -0.1) is 0 Å². The van der Waals surface area contributed by atoms with E-state index in [4.69, 9.17) is 18.9 Å². The maximum atomic E-state index is 6.35. The lowest BCUT2D eigenvalue weighted by molar-refractivity contribution is 0.0863. The SMILES string of the molecule is COc1ccc([C@@H]2c3cc4c(cc3O[C@H](NNc3ccccc3)[C@H]2C)OCO4)cc1. The summed E-state index contributed by atoms with van der Waals surface area (Å²) in [6, 6.07) is 22.2. The molecule has 0 unspecified atom stereocenters. The van der Waals surface area contributed by atoms with Gasteiger partial charge in [-0.3, -0.25) is 0 Å². The quantitative estimate of drug-likeness (QED) is 0.610. The molecule has 0 saturated carbocycles. The van der Waals surface area contributed by atoms with Gasteiger partial charge in [0, 0.05) is 29.2 Å². The van der Waals surface area contributed by atoms with Crippen LogP contribution in [-0.4, -0.2) is 20.1 Å². The van der Waals surface area contributed by atoms with E-state index in [0.717, 1.165) is 28.5 Å². The highest BCUT2D eigenvalue weighted by Gasteiger charge is 2.38. The molecule has 6 nitrogen and oxygen atoms in total. The number of nitrogens with one attached hydrogen (secondary N) is 2. The Labute approximate surface area is 175 Å². The highest BCUT2D eigenvalue weighted by atomic mass is 16.7. The van der Waals surface area contributed by atoms with Crippen LogP contribution in [0.2, 0.25) is 0 Å². The molecule has 154 valence electrons. The largest absolute Gasteiger partial charge is 0.497 e. The summed E-state index contributed by atoms with van der Waals surface area (Å²) in [5, 5.41) is 0. The molecule has 3 atom stereocenters. The fraction of sp³-hybridized carbons (Fsp3) is 0.250. The molecule has 2 heterocycles. The normalized spacial score (nSPS) is 21.5. The molecule has 0 fully saturated rings. The summed E-state index contributed by atoms with van der Waals surface area (Å²) in [5.74, 6) is 3.37. The smallest absolute Gasteiger partial charge is 0.231 e. The molecule has 5 rings (SSSR count). The number of ether oxygens (including phenoxy) is 4.